The first-order valence-corrected chi connectivity index (χ1v) is 10.1. The number of guanidine groups is 1. The molecular formula is C19H31ClN6. The van der Waals surface area contributed by atoms with Gasteiger partial charge in [-0.25, -0.2) is 4.98 Å². The number of hydrogen-bond acceptors (Lipinski definition) is 4. The number of nitrogens with zero attached hydrogens (tertiary/aromatic N) is 4. The molecular weight excluding hydrogens is 348 g/mol. The van der Waals surface area contributed by atoms with Gasteiger partial charge in [-0.3, -0.25) is 9.89 Å². The second-order valence-corrected chi connectivity index (χ2v) is 7.76. The molecule has 0 bridgehead atoms. The number of rotatable bonds is 7. The van der Waals surface area contributed by atoms with E-state index in [9.17, 15) is 0 Å². The van der Waals surface area contributed by atoms with E-state index in [4.69, 9.17) is 16.6 Å². The predicted octanol–water partition coefficient (Wildman–Crippen LogP) is 2.35. The van der Waals surface area contributed by atoms with Crippen molar-refractivity contribution in [2.75, 3.05) is 38.1 Å². The Morgan fingerprint density at radius 2 is 2.27 bits per heavy atom. The van der Waals surface area contributed by atoms with Gasteiger partial charge < -0.3 is 15.5 Å². The van der Waals surface area contributed by atoms with Gasteiger partial charge in [0.05, 0.1) is 11.6 Å². The van der Waals surface area contributed by atoms with Gasteiger partial charge in [-0.2, -0.15) is 0 Å². The number of halogens is 1. The van der Waals surface area contributed by atoms with Crippen LogP contribution in [-0.4, -0.2) is 67.2 Å². The zero-order valence-electron chi connectivity index (χ0n) is 16.1. The molecule has 0 aromatic carbocycles. The number of aliphatic imine (C=N–C) groups is 1. The zero-order chi connectivity index (χ0) is 18.5. The van der Waals surface area contributed by atoms with E-state index in [0.29, 0.717) is 17.1 Å². The summed E-state index contributed by atoms with van der Waals surface area (Å²) >= 11 is 6.29. The van der Waals surface area contributed by atoms with Crippen molar-refractivity contribution in [3.8, 4) is 0 Å². The largest absolute Gasteiger partial charge is 0.357 e. The number of pyridine rings is 1. The fourth-order valence-corrected chi connectivity index (χ4v) is 3.63. The second-order valence-electron chi connectivity index (χ2n) is 7.35. The van der Waals surface area contributed by atoms with Gasteiger partial charge in [-0.1, -0.05) is 11.6 Å². The molecule has 1 saturated carbocycles. The summed E-state index contributed by atoms with van der Waals surface area (Å²) < 4.78 is 0. The van der Waals surface area contributed by atoms with Crippen molar-refractivity contribution < 1.29 is 0 Å². The van der Waals surface area contributed by atoms with Crippen LogP contribution in [0.2, 0.25) is 5.02 Å². The number of hydrogen-bond donors (Lipinski definition) is 2. The van der Waals surface area contributed by atoms with Gasteiger partial charge in [0.1, 0.15) is 5.82 Å². The third-order valence-corrected chi connectivity index (χ3v) is 5.54. The number of likely N-dealkylation sites (N-methyl/N-ethyl adjacent to an activating group) is 1. The van der Waals surface area contributed by atoms with Gasteiger partial charge in [0, 0.05) is 44.0 Å². The van der Waals surface area contributed by atoms with E-state index in [1.54, 1.807) is 6.20 Å². The predicted molar refractivity (Wildman–Crippen MR) is 109 cm³/mol. The third-order valence-electron chi connectivity index (χ3n) is 5.24. The molecule has 2 atom stereocenters. The molecule has 2 unspecified atom stereocenters. The number of nitrogens with one attached hydrogen (secondary N) is 2. The molecule has 1 aromatic heterocycles. The molecule has 1 aromatic rings. The molecule has 144 valence electrons. The monoisotopic (exact) mass is 378 g/mol. The summed E-state index contributed by atoms with van der Waals surface area (Å²) in [5.41, 5.74) is 0. The van der Waals surface area contributed by atoms with Crippen LogP contribution in [0.5, 0.6) is 0 Å². The Hall–Kier alpha value is -1.53. The molecule has 3 rings (SSSR count). The number of aromatic nitrogens is 1. The molecule has 2 heterocycles. The zero-order valence-corrected chi connectivity index (χ0v) is 16.8. The highest BCUT2D eigenvalue weighted by Crippen LogP contribution is 2.27. The summed E-state index contributed by atoms with van der Waals surface area (Å²) in [5.74, 6) is 1.78. The number of anilines is 1. The van der Waals surface area contributed by atoms with E-state index >= 15 is 0 Å². The van der Waals surface area contributed by atoms with Crippen LogP contribution >= 0.6 is 11.6 Å². The van der Waals surface area contributed by atoms with Gasteiger partial charge in [-0.05, 0) is 52.3 Å². The van der Waals surface area contributed by atoms with Crippen LogP contribution in [0, 0.1) is 0 Å². The van der Waals surface area contributed by atoms with Crippen molar-refractivity contribution in [1.82, 2.24) is 20.5 Å². The van der Waals surface area contributed by atoms with Crippen molar-refractivity contribution in [1.29, 1.82) is 0 Å². The molecule has 2 fully saturated rings. The molecule has 6 nitrogen and oxygen atoms in total. The lowest BCUT2D eigenvalue weighted by Gasteiger charge is -2.24. The molecule has 0 amide bonds. The fourth-order valence-electron chi connectivity index (χ4n) is 3.39. The average Bonchev–Trinajstić information content (AvgIpc) is 3.39. The molecule has 0 radical (unpaired) electrons. The standard InChI is InChI=1S/C19H31ClN6/c1-4-21-19(23-12-14(2)25(3)16-7-8-16)24-15-9-11-26(13-15)18-17(20)6-5-10-22-18/h5-6,10,14-16H,4,7-9,11-13H2,1-3H3,(H2,21,23,24). The smallest absolute Gasteiger partial charge is 0.191 e. The summed E-state index contributed by atoms with van der Waals surface area (Å²) in [6.07, 6.45) is 5.51. The van der Waals surface area contributed by atoms with E-state index in [2.05, 4.69) is 46.3 Å². The van der Waals surface area contributed by atoms with Crippen molar-refractivity contribution >= 4 is 23.4 Å². The lowest BCUT2D eigenvalue weighted by Crippen LogP contribution is -2.45. The van der Waals surface area contributed by atoms with E-state index in [0.717, 1.165) is 50.4 Å². The molecule has 0 spiro atoms. The fraction of sp³-hybridized carbons (Fsp3) is 0.684. The van der Waals surface area contributed by atoms with Gasteiger partial charge in [0.25, 0.3) is 0 Å². The molecule has 26 heavy (non-hydrogen) atoms. The average molecular weight is 379 g/mol. The Morgan fingerprint density at radius 1 is 1.46 bits per heavy atom. The Labute approximate surface area is 162 Å². The molecule has 7 heteroatoms. The van der Waals surface area contributed by atoms with Crippen LogP contribution in [0.4, 0.5) is 5.82 Å². The maximum Gasteiger partial charge on any atom is 0.191 e. The lowest BCUT2D eigenvalue weighted by atomic mass is 10.2. The van der Waals surface area contributed by atoms with Crippen LogP contribution in [-0.2, 0) is 0 Å². The van der Waals surface area contributed by atoms with Crippen LogP contribution < -0.4 is 15.5 Å². The van der Waals surface area contributed by atoms with Crippen LogP contribution in [0.1, 0.15) is 33.1 Å². The van der Waals surface area contributed by atoms with Crippen molar-refractivity contribution in [3.63, 3.8) is 0 Å². The third kappa shape index (κ3) is 5.01. The minimum Gasteiger partial charge on any atom is -0.357 e. The summed E-state index contributed by atoms with van der Waals surface area (Å²) in [6.45, 7) is 7.87. The van der Waals surface area contributed by atoms with E-state index in [1.165, 1.54) is 12.8 Å². The van der Waals surface area contributed by atoms with Crippen molar-refractivity contribution in [3.05, 3.63) is 23.4 Å². The Bertz CT molecular complexity index is 618. The van der Waals surface area contributed by atoms with E-state index in [-0.39, 0.29) is 0 Å². The van der Waals surface area contributed by atoms with Gasteiger partial charge in [0.15, 0.2) is 5.96 Å². The maximum atomic E-state index is 6.29. The first-order valence-electron chi connectivity index (χ1n) is 9.70. The summed E-state index contributed by atoms with van der Waals surface area (Å²) in [5, 5.41) is 7.67. The highest BCUT2D eigenvalue weighted by atomic mass is 35.5. The molecule has 2 N–H and O–H groups in total. The van der Waals surface area contributed by atoms with Crippen molar-refractivity contribution in [2.45, 2.75) is 51.2 Å². The maximum absolute atomic E-state index is 6.29. The normalized spacial score (nSPS) is 22.0. The van der Waals surface area contributed by atoms with Gasteiger partial charge in [0.2, 0.25) is 0 Å². The Balaban J connectivity index is 1.54. The van der Waals surface area contributed by atoms with E-state index in [1.807, 2.05) is 12.1 Å². The highest BCUT2D eigenvalue weighted by molar-refractivity contribution is 6.32. The quantitative estimate of drug-likeness (QED) is 0.563. The van der Waals surface area contributed by atoms with Gasteiger partial charge >= 0.3 is 0 Å². The summed E-state index contributed by atoms with van der Waals surface area (Å²) in [7, 11) is 2.21. The van der Waals surface area contributed by atoms with Gasteiger partial charge in [-0.15, -0.1) is 0 Å². The highest BCUT2D eigenvalue weighted by Gasteiger charge is 2.29. The molecule has 1 aliphatic carbocycles. The second kappa shape index (κ2) is 8.91. The lowest BCUT2D eigenvalue weighted by molar-refractivity contribution is 0.253. The molecule has 1 aliphatic heterocycles. The Kier molecular flexibility index (Phi) is 6.59. The Morgan fingerprint density at radius 3 is 2.96 bits per heavy atom. The van der Waals surface area contributed by atoms with Crippen LogP contribution in [0.25, 0.3) is 0 Å². The summed E-state index contributed by atoms with van der Waals surface area (Å²) in [4.78, 5) is 13.9. The minimum absolute atomic E-state index is 0.349. The topological polar surface area (TPSA) is 55.8 Å². The molecule has 2 aliphatic rings. The van der Waals surface area contributed by atoms with E-state index < -0.39 is 0 Å². The SMILES string of the molecule is CCNC(=NCC(C)N(C)C1CC1)NC1CCN(c2ncccc2Cl)C1. The minimum atomic E-state index is 0.349. The summed E-state index contributed by atoms with van der Waals surface area (Å²) in [6, 6.07) is 5.34. The van der Waals surface area contributed by atoms with Crippen molar-refractivity contribution in [2.24, 2.45) is 4.99 Å². The first kappa shape index (κ1) is 19.2. The molecule has 1 saturated heterocycles. The van der Waals surface area contributed by atoms with Crippen LogP contribution in [0.3, 0.4) is 0 Å². The first-order chi connectivity index (χ1) is 12.6. The van der Waals surface area contributed by atoms with Crippen LogP contribution in [0.15, 0.2) is 23.3 Å².